The summed E-state index contributed by atoms with van der Waals surface area (Å²) in [6.07, 6.45) is 2.50. The summed E-state index contributed by atoms with van der Waals surface area (Å²) in [6, 6.07) is 14.2. The number of benzene rings is 2. The maximum atomic E-state index is 12.6. The molecule has 0 aliphatic heterocycles. The van der Waals surface area contributed by atoms with E-state index in [1.807, 2.05) is 32.0 Å². The molecule has 0 fully saturated rings. The molecule has 2 aromatic heterocycles. The molecular weight excluding hydrogens is 436 g/mol. The van der Waals surface area contributed by atoms with Crippen LogP contribution in [0.2, 0.25) is 0 Å². The SMILES string of the molecule is CCc1ccccc1-n1c(C)cc(/C=N\NC(=O)c2cc3cc([N+](=O)[O-])cc(OC)c3o2)c1C. The second-order valence-corrected chi connectivity index (χ2v) is 7.78. The van der Waals surface area contributed by atoms with Crippen LogP contribution < -0.4 is 10.2 Å². The Kier molecular flexibility index (Phi) is 6.18. The average molecular weight is 460 g/mol. The van der Waals surface area contributed by atoms with Gasteiger partial charge in [-0.3, -0.25) is 14.9 Å². The van der Waals surface area contributed by atoms with Gasteiger partial charge in [-0.05, 0) is 44.0 Å². The largest absolute Gasteiger partial charge is 0.493 e. The van der Waals surface area contributed by atoms with Crippen molar-refractivity contribution in [3.8, 4) is 11.4 Å². The van der Waals surface area contributed by atoms with E-state index in [4.69, 9.17) is 9.15 Å². The Morgan fingerprint density at radius 3 is 2.71 bits per heavy atom. The van der Waals surface area contributed by atoms with Crippen LogP contribution in [0, 0.1) is 24.0 Å². The number of ether oxygens (including phenoxy) is 1. The van der Waals surface area contributed by atoms with Crippen LogP contribution in [0.25, 0.3) is 16.7 Å². The van der Waals surface area contributed by atoms with Crippen molar-refractivity contribution in [3.05, 3.63) is 86.9 Å². The Morgan fingerprint density at radius 1 is 1.24 bits per heavy atom. The number of nitro groups is 1. The number of hydrazone groups is 1. The van der Waals surface area contributed by atoms with E-state index in [-0.39, 0.29) is 22.8 Å². The molecule has 2 aromatic carbocycles. The molecule has 2 heterocycles. The number of rotatable bonds is 7. The van der Waals surface area contributed by atoms with Gasteiger partial charge >= 0.3 is 5.91 Å². The number of carbonyl (C=O) groups is 1. The van der Waals surface area contributed by atoms with E-state index in [1.54, 1.807) is 6.21 Å². The molecule has 4 rings (SSSR count). The molecule has 34 heavy (non-hydrogen) atoms. The Balaban J connectivity index is 1.57. The molecule has 0 saturated carbocycles. The molecule has 0 saturated heterocycles. The standard InChI is InChI=1S/C25H24N4O5/c1-5-17-8-6-7-9-21(17)28-15(2)10-19(16(28)3)14-26-27-25(30)23-12-18-11-20(29(31)32)13-22(33-4)24(18)34-23/h6-14H,5H2,1-4H3,(H,27,30)/b26-14-. The third kappa shape index (κ3) is 4.15. The molecule has 174 valence electrons. The summed E-state index contributed by atoms with van der Waals surface area (Å²) in [4.78, 5) is 23.2. The quantitative estimate of drug-likeness (QED) is 0.235. The highest BCUT2D eigenvalue weighted by Crippen LogP contribution is 2.33. The number of para-hydroxylation sites is 1. The van der Waals surface area contributed by atoms with Crippen LogP contribution >= 0.6 is 0 Å². The van der Waals surface area contributed by atoms with Gasteiger partial charge < -0.3 is 13.7 Å². The predicted molar refractivity (Wildman–Crippen MR) is 129 cm³/mol. The number of methoxy groups -OCH3 is 1. The Hall–Kier alpha value is -4.40. The second-order valence-electron chi connectivity index (χ2n) is 7.78. The van der Waals surface area contributed by atoms with Crippen LogP contribution in [-0.4, -0.2) is 28.7 Å². The van der Waals surface area contributed by atoms with E-state index < -0.39 is 10.8 Å². The van der Waals surface area contributed by atoms with Crippen LogP contribution in [0.1, 0.15) is 40.0 Å². The highest BCUT2D eigenvalue weighted by Gasteiger charge is 2.19. The van der Waals surface area contributed by atoms with E-state index >= 15 is 0 Å². The molecular formula is C25H24N4O5. The zero-order chi connectivity index (χ0) is 24.4. The summed E-state index contributed by atoms with van der Waals surface area (Å²) in [5.74, 6) is -0.442. The van der Waals surface area contributed by atoms with Gasteiger partial charge in [0.1, 0.15) is 0 Å². The monoisotopic (exact) mass is 460 g/mol. The highest BCUT2D eigenvalue weighted by atomic mass is 16.6. The third-order valence-electron chi connectivity index (χ3n) is 5.67. The van der Waals surface area contributed by atoms with Gasteiger partial charge in [-0.2, -0.15) is 5.10 Å². The van der Waals surface area contributed by atoms with Gasteiger partial charge in [0.05, 0.1) is 24.3 Å². The van der Waals surface area contributed by atoms with Gasteiger partial charge in [-0.25, -0.2) is 5.43 Å². The first-order chi connectivity index (χ1) is 16.3. The van der Waals surface area contributed by atoms with Crippen molar-refractivity contribution in [2.24, 2.45) is 5.10 Å². The fourth-order valence-electron chi connectivity index (χ4n) is 4.01. The molecule has 0 unspecified atom stereocenters. The lowest BCUT2D eigenvalue weighted by atomic mass is 10.1. The van der Waals surface area contributed by atoms with E-state index in [1.165, 1.54) is 30.9 Å². The number of nitro benzene ring substituents is 1. The minimum Gasteiger partial charge on any atom is -0.493 e. The molecule has 0 radical (unpaired) electrons. The molecule has 9 heteroatoms. The van der Waals surface area contributed by atoms with E-state index in [0.29, 0.717) is 5.39 Å². The first-order valence-corrected chi connectivity index (χ1v) is 10.7. The maximum absolute atomic E-state index is 12.6. The molecule has 1 N–H and O–H groups in total. The summed E-state index contributed by atoms with van der Waals surface area (Å²) in [7, 11) is 1.38. The Morgan fingerprint density at radius 2 is 2.00 bits per heavy atom. The highest BCUT2D eigenvalue weighted by molar-refractivity contribution is 5.98. The number of aryl methyl sites for hydroxylation is 2. The molecule has 0 aliphatic rings. The van der Waals surface area contributed by atoms with E-state index in [9.17, 15) is 14.9 Å². The van der Waals surface area contributed by atoms with Crippen molar-refractivity contribution < 1.29 is 18.9 Å². The van der Waals surface area contributed by atoms with Crippen LogP contribution in [0.4, 0.5) is 5.69 Å². The first-order valence-electron chi connectivity index (χ1n) is 10.7. The minimum absolute atomic E-state index is 0.0340. The van der Waals surface area contributed by atoms with Gasteiger partial charge in [0, 0.05) is 34.1 Å². The molecule has 0 spiro atoms. The Bertz CT molecular complexity index is 1430. The number of furan rings is 1. The fraction of sp³-hybridized carbons (Fsp3) is 0.200. The van der Waals surface area contributed by atoms with Gasteiger partial charge in [0.15, 0.2) is 17.1 Å². The van der Waals surface area contributed by atoms with Crippen molar-refractivity contribution in [2.45, 2.75) is 27.2 Å². The van der Waals surface area contributed by atoms with Crippen molar-refractivity contribution in [2.75, 3.05) is 7.11 Å². The van der Waals surface area contributed by atoms with Crippen molar-refractivity contribution in [3.63, 3.8) is 0 Å². The smallest absolute Gasteiger partial charge is 0.307 e. The summed E-state index contributed by atoms with van der Waals surface area (Å²) < 4.78 is 12.9. The van der Waals surface area contributed by atoms with Crippen molar-refractivity contribution in [1.82, 2.24) is 9.99 Å². The third-order valence-corrected chi connectivity index (χ3v) is 5.67. The number of aromatic nitrogens is 1. The zero-order valence-corrected chi connectivity index (χ0v) is 19.3. The molecule has 4 aromatic rings. The number of fused-ring (bicyclic) bond motifs is 1. The van der Waals surface area contributed by atoms with Crippen molar-refractivity contribution >= 4 is 28.8 Å². The summed E-state index contributed by atoms with van der Waals surface area (Å²) in [5, 5.41) is 15.6. The lowest BCUT2D eigenvalue weighted by Crippen LogP contribution is -2.16. The van der Waals surface area contributed by atoms with Crippen LogP contribution in [0.15, 0.2) is 58.0 Å². The molecule has 0 atom stereocenters. The maximum Gasteiger partial charge on any atom is 0.307 e. The lowest BCUT2D eigenvalue weighted by molar-refractivity contribution is -0.384. The summed E-state index contributed by atoms with van der Waals surface area (Å²) >= 11 is 0. The number of hydrogen-bond donors (Lipinski definition) is 1. The van der Waals surface area contributed by atoms with Gasteiger partial charge in [0.25, 0.3) is 5.69 Å². The number of non-ortho nitro benzene ring substituents is 1. The summed E-state index contributed by atoms with van der Waals surface area (Å²) in [5.41, 5.74) is 7.82. The van der Waals surface area contributed by atoms with Crippen LogP contribution in [0.3, 0.4) is 0 Å². The number of nitrogens with one attached hydrogen (secondary N) is 1. The first kappa shape index (κ1) is 22.8. The number of hydrogen-bond acceptors (Lipinski definition) is 6. The van der Waals surface area contributed by atoms with Crippen LogP contribution in [0.5, 0.6) is 5.75 Å². The topological polar surface area (TPSA) is 112 Å². The number of nitrogens with zero attached hydrogens (tertiary/aromatic N) is 3. The molecule has 0 aliphatic carbocycles. The molecule has 0 bridgehead atoms. The molecule has 1 amide bonds. The average Bonchev–Trinajstić information content (AvgIpc) is 3.38. The van der Waals surface area contributed by atoms with Gasteiger partial charge in [-0.1, -0.05) is 25.1 Å². The Labute approximate surface area is 195 Å². The van der Waals surface area contributed by atoms with E-state index in [2.05, 4.69) is 34.2 Å². The van der Waals surface area contributed by atoms with Gasteiger partial charge in [0.2, 0.25) is 0 Å². The van der Waals surface area contributed by atoms with Gasteiger partial charge in [-0.15, -0.1) is 0 Å². The van der Waals surface area contributed by atoms with Crippen LogP contribution in [-0.2, 0) is 6.42 Å². The van der Waals surface area contributed by atoms with E-state index in [0.717, 1.165) is 29.1 Å². The molecule has 9 nitrogen and oxygen atoms in total. The zero-order valence-electron chi connectivity index (χ0n) is 19.3. The normalized spacial score (nSPS) is 11.3. The second kappa shape index (κ2) is 9.22. The minimum atomic E-state index is -0.581. The lowest BCUT2D eigenvalue weighted by Gasteiger charge is -2.13. The summed E-state index contributed by atoms with van der Waals surface area (Å²) in [6.45, 7) is 6.15. The number of carbonyl (C=O) groups excluding carboxylic acids is 1. The van der Waals surface area contributed by atoms with Crippen molar-refractivity contribution in [1.29, 1.82) is 0 Å². The predicted octanol–water partition coefficient (Wildman–Crippen LogP) is 5.08. The fourth-order valence-corrected chi connectivity index (χ4v) is 4.01. The number of amides is 1.